The summed E-state index contributed by atoms with van der Waals surface area (Å²) in [6.07, 6.45) is 1.44. The zero-order chi connectivity index (χ0) is 20.1. The van der Waals surface area contributed by atoms with Gasteiger partial charge in [0.2, 0.25) is 0 Å². The van der Waals surface area contributed by atoms with Gasteiger partial charge in [-0.2, -0.15) is 0 Å². The zero-order valence-electron chi connectivity index (χ0n) is 16.0. The molecule has 0 radical (unpaired) electrons. The van der Waals surface area contributed by atoms with Crippen molar-refractivity contribution in [3.8, 4) is 5.75 Å². The van der Waals surface area contributed by atoms with Gasteiger partial charge in [0.05, 0.1) is 6.26 Å². The van der Waals surface area contributed by atoms with E-state index in [0.717, 1.165) is 22.4 Å². The molecule has 0 fully saturated rings. The molecular weight excluding hydrogens is 356 g/mol. The van der Waals surface area contributed by atoms with Crippen LogP contribution in [0.5, 0.6) is 5.75 Å². The number of nitrogens with one attached hydrogen (secondary N) is 2. The third kappa shape index (κ3) is 4.79. The van der Waals surface area contributed by atoms with E-state index in [1.54, 1.807) is 36.4 Å². The van der Waals surface area contributed by atoms with Gasteiger partial charge in [-0.1, -0.05) is 17.7 Å². The Labute approximate surface area is 163 Å². The van der Waals surface area contributed by atoms with Gasteiger partial charge in [0.1, 0.15) is 5.75 Å². The van der Waals surface area contributed by atoms with E-state index in [1.807, 2.05) is 32.9 Å². The number of amides is 2. The highest BCUT2D eigenvalue weighted by atomic mass is 16.5. The van der Waals surface area contributed by atoms with Crippen molar-refractivity contribution >= 4 is 23.2 Å². The van der Waals surface area contributed by atoms with Crippen LogP contribution < -0.4 is 15.4 Å². The Morgan fingerprint density at radius 1 is 0.964 bits per heavy atom. The molecule has 0 atom stereocenters. The van der Waals surface area contributed by atoms with Crippen LogP contribution in [0.1, 0.15) is 27.2 Å². The predicted molar refractivity (Wildman–Crippen MR) is 108 cm³/mol. The summed E-state index contributed by atoms with van der Waals surface area (Å²) < 4.78 is 10.6. The number of ether oxygens (including phenoxy) is 1. The van der Waals surface area contributed by atoms with Crippen molar-refractivity contribution in [2.75, 3.05) is 17.2 Å². The number of carbonyl (C=O) groups is 2. The maximum Gasteiger partial charge on any atom is 0.291 e. The molecule has 3 rings (SSSR count). The number of anilines is 2. The van der Waals surface area contributed by atoms with Crippen molar-refractivity contribution in [1.82, 2.24) is 0 Å². The number of aryl methyl sites for hydroxylation is 3. The Balaban J connectivity index is 1.53. The first kappa shape index (κ1) is 19.2. The van der Waals surface area contributed by atoms with Crippen molar-refractivity contribution in [3.63, 3.8) is 0 Å². The molecule has 0 aliphatic heterocycles. The fourth-order valence-electron chi connectivity index (χ4n) is 2.94. The van der Waals surface area contributed by atoms with Crippen molar-refractivity contribution < 1.29 is 18.7 Å². The van der Waals surface area contributed by atoms with E-state index in [9.17, 15) is 9.59 Å². The lowest BCUT2D eigenvalue weighted by Crippen LogP contribution is -2.21. The summed E-state index contributed by atoms with van der Waals surface area (Å²) in [4.78, 5) is 24.2. The lowest BCUT2D eigenvalue weighted by Gasteiger charge is -2.13. The Morgan fingerprint density at radius 3 is 2.25 bits per heavy atom. The highest BCUT2D eigenvalue weighted by molar-refractivity contribution is 6.02. The largest absolute Gasteiger partial charge is 0.484 e. The van der Waals surface area contributed by atoms with Crippen LogP contribution in [0.2, 0.25) is 0 Å². The molecule has 2 amide bonds. The first-order chi connectivity index (χ1) is 13.4. The Kier molecular flexibility index (Phi) is 5.79. The second-order valence-electron chi connectivity index (χ2n) is 6.57. The number of furan rings is 1. The quantitative estimate of drug-likeness (QED) is 0.663. The maximum atomic E-state index is 12.2. The van der Waals surface area contributed by atoms with Crippen LogP contribution in [-0.4, -0.2) is 18.4 Å². The third-order valence-electron chi connectivity index (χ3n) is 4.17. The Bertz CT molecular complexity index is 953. The van der Waals surface area contributed by atoms with Crippen LogP contribution in [0.3, 0.4) is 0 Å². The van der Waals surface area contributed by atoms with Crippen molar-refractivity contribution in [1.29, 1.82) is 0 Å². The maximum absolute atomic E-state index is 12.2. The lowest BCUT2D eigenvalue weighted by atomic mass is 10.1. The second kappa shape index (κ2) is 8.43. The molecule has 0 aliphatic carbocycles. The molecule has 2 aromatic carbocycles. The lowest BCUT2D eigenvalue weighted by molar-refractivity contribution is -0.118. The van der Waals surface area contributed by atoms with E-state index in [0.29, 0.717) is 11.4 Å². The monoisotopic (exact) mass is 378 g/mol. The number of hydrogen-bond donors (Lipinski definition) is 2. The molecule has 3 aromatic rings. The van der Waals surface area contributed by atoms with E-state index in [4.69, 9.17) is 9.15 Å². The fourth-order valence-corrected chi connectivity index (χ4v) is 2.94. The van der Waals surface area contributed by atoms with Gasteiger partial charge in [-0.3, -0.25) is 9.59 Å². The van der Waals surface area contributed by atoms with E-state index < -0.39 is 0 Å². The van der Waals surface area contributed by atoms with Crippen LogP contribution >= 0.6 is 0 Å². The van der Waals surface area contributed by atoms with Gasteiger partial charge in [-0.05, 0) is 68.3 Å². The summed E-state index contributed by atoms with van der Waals surface area (Å²) in [5.41, 5.74) is 4.60. The Morgan fingerprint density at radius 2 is 1.64 bits per heavy atom. The smallest absolute Gasteiger partial charge is 0.291 e. The Hall–Kier alpha value is -3.54. The van der Waals surface area contributed by atoms with Crippen molar-refractivity contribution in [2.24, 2.45) is 0 Å². The summed E-state index contributed by atoms with van der Waals surface area (Å²) in [6.45, 7) is 5.85. The van der Waals surface area contributed by atoms with E-state index in [1.165, 1.54) is 6.26 Å². The average molecular weight is 378 g/mol. The molecule has 0 spiro atoms. The first-order valence-electron chi connectivity index (χ1n) is 8.88. The molecule has 2 N–H and O–H groups in total. The van der Waals surface area contributed by atoms with Gasteiger partial charge < -0.3 is 19.8 Å². The highest BCUT2D eigenvalue weighted by Crippen LogP contribution is 2.22. The minimum Gasteiger partial charge on any atom is -0.484 e. The van der Waals surface area contributed by atoms with E-state index >= 15 is 0 Å². The molecule has 0 saturated heterocycles. The predicted octanol–water partition coefficient (Wildman–Crippen LogP) is 4.47. The van der Waals surface area contributed by atoms with Crippen LogP contribution in [-0.2, 0) is 4.79 Å². The number of carbonyl (C=O) groups excluding carboxylic acids is 2. The molecule has 0 unspecified atom stereocenters. The van der Waals surface area contributed by atoms with Crippen molar-refractivity contribution in [2.45, 2.75) is 20.8 Å². The average Bonchev–Trinajstić information content (AvgIpc) is 3.19. The van der Waals surface area contributed by atoms with Gasteiger partial charge in [0.25, 0.3) is 11.8 Å². The first-order valence-corrected chi connectivity index (χ1v) is 8.88. The normalized spacial score (nSPS) is 10.4. The standard InChI is InChI=1S/C22H22N2O4/c1-14-11-15(2)21(16(3)12-14)24-20(25)13-28-18-8-6-17(7-9-18)23-22(26)19-5-4-10-27-19/h4-12H,13H2,1-3H3,(H,23,26)(H,24,25). The number of hydrogen-bond acceptors (Lipinski definition) is 4. The van der Waals surface area contributed by atoms with Gasteiger partial charge in [0.15, 0.2) is 12.4 Å². The number of benzene rings is 2. The summed E-state index contributed by atoms with van der Waals surface area (Å²) in [5, 5.41) is 5.62. The molecule has 1 heterocycles. The molecule has 6 heteroatoms. The fraction of sp³-hybridized carbons (Fsp3) is 0.182. The molecule has 0 aliphatic rings. The topological polar surface area (TPSA) is 80.6 Å². The summed E-state index contributed by atoms with van der Waals surface area (Å²) in [5.74, 6) is 0.203. The zero-order valence-corrected chi connectivity index (χ0v) is 16.0. The molecule has 0 bridgehead atoms. The highest BCUT2D eigenvalue weighted by Gasteiger charge is 2.10. The van der Waals surface area contributed by atoms with Crippen molar-refractivity contribution in [3.05, 3.63) is 77.2 Å². The summed E-state index contributed by atoms with van der Waals surface area (Å²) in [6, 6.07) is 14.1. The van der Waals surface area contributed by atoms with Gasteiger partial charge in [-0.25, -0.2) is 0 Å². The minimum atomic E-state index is -0.332. The van der Waals surface area contributed by atoms with Gasteiger partial charge in [-0.15, -0.1) is 0 Å². The van der Waals surface area contributed by atoms with Crippen LogP contribution in [0.25, 0.3) is 0 Å². The minimum absolute atomic E-state index is 0.106. The molecular formula is C22H22N2O4. The molecule has 144 valence electrons. The number of rotatable bonds is 6. The second-order valence-corrected chi connectivity index (χ2v) is 6.57. The van der Waals surface area contributed by atoms with E-state index in [-0.39, 0.29) is 24.2 Å². The van der Waals surface area contributed by atoms with Gasteiger partial charge in [0, 0.05) is 11.4 Å². The SMILES string of the molecule is Cc1cc(C)c(NC(=O)COc2ccc(NC(=O)c3ccco3)cc2)c(C)c1. The van der Waals surface area contributed by atoms with Gasteiger partial charge >= 0.3 is 0 Å². The molecule has 28 heavy (non-hydrogen) atoms. The van der Waals surface area contributed by atoms with E-state index in [2.05, 4.69) is 10.6 Å². The third-order valence-corrected chi connectivity index (χ3v) is 4.17. The van der Waals surface area contributed by atoms with Crippen LogP contribution in [0.4, 0.5) is 11.4 Å². The molecule has 0 saturated carbocycles. The molecule has 6 nitrogen and oxygen atoms in total. The summed E-state index contributed by atoms with van der Waals surface area (Å²) in [7, 11) is 0. The van der Waals surface area contributed by atoms with Crippen LogP contribution in [0, 0.1) is 20.8 Å². The summed E-state index contributed by atoms with van der Waals surface area (Å²) >= 11 is 0. The van der Waals surface area contributed by atoms with Crippen LogP contribution in [0.15, 0.2) is 59.2 Å². The molecule has 1 aromatic heterocycles.